The number of nitrogens with one attached hydrogen (secondary N) is 1. The van der Waals surface area contributed by atoms with Gasteiger partial charge in [-0.25, -0.2) is 4.98 Å². The van der Waals surface area contributed by atoms with Gasteiger partial charge in [0.05, 0.1) is 0 Å². The fourth-order valence-corrected chi connectivity index (χ4v) is 2.41. The molecule has 0 aliphatic carbocycles. The van der Waals surface area contributed by atoms with Gasteiger partial charge >= 0.3 is 0 Å². The molecule has 20 heavy (non-hydrogen) atoms. The number of imidazole rings is 1. The lowest BCUT2D eigenvalue weighted by Gasteiger charge is -2.10. The molecule has 0 aliphatic rings. The Balaban J connectivity index is 1.85. The molecule has 1 N–H and O–H groups in total. The number of nitrogens with zero attached hydrogens (tertiary/aromatic N) is 2. The van der Waals surface area contributed by atoms with Crippen molar-refractivity contribution in [2.24, 2.45) is 0 Å². The lowest BCUT2D eigenvalue weighted by atomic mass is 10.2. The number of anilines is 1. The minimum absolute atomic E-state index is 0.766. The van der Waals surface area contributed by atoms with Crippen LogP contribution in [0.4, 0.5) is 5.95 Å². The zero-order valence-electron chi connectivity index (χ0n) is 11.7. The fourth-order valence-electron chi connectivity index (χ4n) is 1.97. The SMILES string of the molecule is CCOCCCn1ccnc1NCc1cccc(Br)c1. The molecule has 0 amide bonds. The van der Waals surface area contributed by atoms with Crippen molar-refractivity contribution in [2.75, 3.05) is 18.5 Å². The molecule has 0 saturated heterocycles. The largest absolute Gasteiger partial charge is 0.382 e. The van der Waals surface area contributed by atoms with E-state index in [1.165, 1.54) is 5.56 Å². The van der Waals surface area contributed by atoms with Crippen molar-refractivity contribution in [3.05, 3.63) is 46.7 Å². The zero-order chi connectivity index (χ0) is 14.2. The van der Waals surface area contributed by atoms with E-state index in [2.05, 4.69) is 42.9 Å². The number of aryl methyl sites for hydroxylation is 1. The normalized spacial score (nSPS) is 10.7. The lowest BCUT2D eigenvalue weighted by Crippen LogP contribution is -2.09. The van der Waals surface area contributed by atoms with Crippen molar-refractivity contribution in [3.63, 3.8) is 0 Å². The summed E-state index contributed by atoms with van der Waals surface area (Å²) in [5.41, 5.74) is 1.23. The second kappa shape index (κ2) is 8.07. The van der Waals surface area contributed by atoms with Crippen LogP contribution in [0.25, 0.3) is 0 Å². The minimum atomic E-state index is 0.766. The number of rotatable bonds is 8. The highest BCUT2D eigenvalue weighted by Gasteiger charge is 2.02. The molecule has 2 rings (SSSR count). The van der Waals surface area contributed by atoms with Crippen LogP contribution in [-0.4, -0.2) is 22.8 Å². The van der Waals surface area contributed by atoms with Gasteiger partial charge in [-0.3, -0.25) is 0 Å². The van der Waals surface area contributed by atoms with Crippen molar-refractivity contribution in [3.8, 4) is 0 Å². The summed E-state index contributed by atoms with van der Waals surface area (Å²) >= 11 is 3.48. The molecule has 0 aliphatic heterocycles. The molecule has 0 atom stereocenters. The second-order valence-corrected chi connectivity index (χ2v) is 5.39. The monoisotopic (exact) mass is 337 g/mol. The van der Waals surface area contributed by atoms with Crippen LogP contribution in [0, 0.1) is 0 Å². The Morgan fingerprint density at radius 1 is 1.40 bits per heavy atom. The Morgan fingerprint density at radius 3 is 3.10 bits per heavy atom. The van der Waals surface area contributed by atoms with E-state index in [9.17, 15) is 0 Å². The van der Waals surface area contributed by atoms with E-state index in [1.807, 2.05) is 31.5 Å². The molecule has 0 fully saturated rings. The van der Waals surface area contributed by atoms with E-state index in [-0.39, 0.29) is 0 Å². The van der Waals surface area contributed by atoms with Crippen molar-refractivity contribution in [2.45, 2.75) is 26.4 Å². The van der Waals surface area contributed by atoms with Crippen molar-refractivity contribution >= 4 is 21.9 Å². The molecule has 0 unspecified atom stereocenters. The third-order valence-electron chi connectivity index (χ3n) is 2.95. The topological polar surface area (TPSA) is 39.1 Å². The first kappa shape index (κ1) is 15.1. The maximum atomic E-state index is 5.35. The molecule has 108 valence electrons. The van der Waals surface area contributed by atoms with Gasteiger partial charge < -0.3 is 14.6 Å². The molecule has 1 aromatic heterocycles. The van der Waals surface area contributed by atoms with Gasteiger partial charge in [0.1, 0.15) is 0 Å². The number of hydrogen-bond donors (Lipinski definition) is 1. The van der Waals surface area contributed by atoms with Crippen LogP contribution in [0.2, 0.25) is 0 Å². The summed E-state index contributed by atoms with van der Waals surface area (Å²) in [6, 6.07) is 8.27. The van der Waals surface area contributed by atoms with Gasteiger partial charge in [-0.05, 0) is 31.0 Å². The second-order valence-electron chi connectivity index (χ2n) is 4.48. The van der Waals surface area contributed by atoms with Gasteiger partial charge in [-0.15, -0.1) is 0 Å². The average Bonchev–Trinajstić information content (AvgIpc) is 2.89. The van der Waals surface area contributed by atoms with Gasteiger partial charge in [-0.2, -0.15) is 0 Å². The molecule has 0 radical (unpaired) electrons. The van der Waals surface area contributed by atoms with E-state index in [1.54, 1.807) is 0 Å². The fraction of sp³-hybridized carbons (Fsp3) is 0.400. The van der Waals surface area contributed by atoms with Crippen LogP contribution in [0.15, 0.2) is 41.1 Å². The van der Waals surface area contributed by atoms with Gasteiger partial charge in [0.2, 0.25) is 5.95 Å². The summed E-state index contributed by atoms with van der Waals surface area (Å²) in [4.78, 5) is 4.35. The van der Waals surface area contributed by atoms with Gasteiger partial charge in [0.15, 0.2) is 0 Å². The quantitative estimate of drug-likeness (QED) is 0.746. The molecule has 5 heteroatoms. The van der Waals surface area contributed by atoms with E-state index in [4.69, 9.17) is 4.74 Å². The first-order valence-corrected chi connectivity index (χ1v) is 7.66. The Labute approximate surface area is 128 Å². The first-order valence-electron chi connectivity index (χ1n) is 6.87. The number of benzene rings is 1. The lowest BCUT2D eigenvalue weighted by molar-refractivity contribution is 0.142. The smallest absolute Gasteiger partial charge is 0.203 e. The number of aromatic nitrogens is 2. The van der Waals surface area contributed by atoms with E-state index in [0.717, 1.165) is 43.1 Å². The van der Waals surface area contributed by atoms with E-state index < -0.39 is 0 Å². The summed E-state index contributed by atoms with van der Waals surface area (Å²) < 4.78 is 8.57. The molecule has 0 saturated carbocycles. The van der Waals surface area contributed by atoms with Gasteiger partial charge in [0, 0.05) is 43.2 Å². The van der Waals surface area contributed by atoms with Crippen LogP contribution in [0.1, 0.15) is 18.9 Å². The highest BCUT2D eigenvalue weighted by atomic mass is 79.9. The number of halogens is 1. The molecule has 2 aromatic rings. The first-order chi connectivity index (χ1) is 9.79. The predicted molar refractivity (Wildman–Crippen MR) is 84.8 cm³/mol. The molecular formula is C15H20BrN3O. The third-order valence-corrected chi connectivity index (χ3v) is 3.44. The maximum Gasteiger partial charge on any atom is 0.203 e. The molecule has 0 spiro atoms. The summed E-state index contributed by atoms with van der Waals surface area (Å²) in [5, 5.41) is 3.37. The third kappa shape index (κ3) is 4.65. The van der Waals surface area contributed by atoms with Gasteiger partial charge in [0.25, 0.3) is 0 Å². The maximum absolute atomic E-state index is 5.35. The van der Waals surface area contributed by atoms with Crippen LogP contribution >= 0.6 is 15.9 Å². The number of ether oxygens (including phenoxy) is 1. The molecular weight excluding hydrogens is 318 g/mol. The Kier molecular flexibility index (Phi) is 6.08. The Hall–Kier alpha value is -1.33. The van der Waals surface area contributed by atoms with Crippen molar-refractivity contribution in [1.82, 2.24) is 9.55 Å². The predicted octanol–water partition coefficient (Wildman–Crippen LogP) is 3.68. The van der Waals surface area contributed by atoms with Crippen LogP contribution in [0.3, 0.4) is 0 Å². The van der Waals surface area contributed by atoms with E-state index in [0.29, 0.717) is 0 Å². The highest BCUT2D eigenvalue weighted by molar-refractivity contribution is 9.10. The summed E-state index contributed by atoms with van der Waals surface area (Å²) in [6.07, 6.45) is 4.81. The molecule has 0 bridgehead atoms. The Bertz CT molecular complexity index is 527. The van der Waals surface area contributed by atoms with E-state index >= 15 is 0 Å². The zero-order valence-corrected chi connectivity index (χ0v) is 13.3. The summed E-state index contributed by atoms with van der Waals surface area (Å²) in [7, 11) is 0. The van der Waals surface area contributed by atoms with Gasteiger partial charge in [-0.1, -0.05) is 28.1 Å². The number of hydrogen-bond acceptors (Lipinski definition) is 3. The summed E-state index contributed by atoms with van der Waals surface area (Å²) in [5.74, 6) is 0.904. The van der Waals surface area contributed by atoms with Crippen LogP contribution in [0.5, 0.6) is 0 Å². The molecule has 4 nitrogen and oxygen atoms in total. The standard InChI is InChI=1S/C15H20BrN3O/c1-2-20-10-4-8-19-9-7-17-15(19)18-12-13-5-3-6-14(16)11-13/h3,5-7,9,11H,2,4,8,10,12H2,1H3,(H,17,18). The Morgan fingerprint density at radius 2 is 2.30 bits per heavy atom. The van der Waals surface area contributed by atoms with Crippen LogP contribution in [-0.2, 0) is 17.8 Å². The average molecular weight is 338 g/mol. The van der Waals surface area contributed by atoms with Crippen molar-refractivity contribution < 1.29 is 4.74 Å². The molecule has 1 aromatic carbocycles. The van der Waals surface area contributed by atoms with Crippen molar-refractivity contribution in [1.29, 1.82) is 0 Å². The molecule has 1 heterocycles. The summed E-state index contributed by atoms with van der Waals surface area (Å²) in [6.45, 7) is 5.27. The minimum Gasteiger partial charge on any atom is -0.382 e. The van der Waals surface area contributed by atoms with Crippen LogP contribution < -0.4 is 5.32 Å². The highest BCUT2D eigenvalue weighted by Crippen LogP contribution is 2.13.